The number of aromatic nitrogens is 2. The molecular formula is C14H16N4O5S. The molecule has 10 heteroatoms. The Morgan fingerprint density at radius 1 is 1.38 bits per heavy atom. The van der Waals surface area contributed by atoms with E-state index in [0.29, 0.717) is 18.4 Å². The summed E-state index contributed by atoms with van der Waals surface area (Å²) in [5.41, 5.74) is -0.284. The molecular weight excluding hydrogens is 336 g/mol. The number of anilines is 1. The lowest BCUT2D eigenvalue weighted by atomic mass is 10.2. The summed E-state index contributed by atoms with van der Waals surface area (Å²) in [6, 6.07) is 3.20. The molecule has 0 aliphatic carbocycles. The van der Waals surface area contributed by atoms with Gasteiger partial charge in [0.2, 0.25) is 0 Å². The Bertz CT molecular complexity index is 915. The number of esters is 1. The molecule has 0 spiro atoms. The van der Waals surface area contributed by atoms with Gasteiger partial charge in [-0.3, -0.25) is 4.98 Å². The molecule has 0 saturated carbocycles. The molecule has 1 aliphatic heterocycles. The number of carbonyl (C=O) groups excluding carboxylic acids is 1. The van der Waals surface area contributed by atoms with E-state index in [1.807, 2.05) is 0 Å². The van der Waals surface area contributed by atoms with Gasteiger partial charge in [0.05, 0.1) is 7.11 Å². The Morgan fingerprint density at radius 3 is 2.83 bits per heavy atom. The summed E-state index contributed by atoms with van der Waals surface area (Å²) < 4.78 is 32.2. The van der Waals surface area contributed by atoms with Crippen LogP contribution >= 0.6 is 0 Å². The van der Waals surface area contributed by atoms with Crippen molar-refractivity contribution in [2.45, 2.75) is 6.42 Å². The van der Waals surface area contributed by atoms with Gasteiger partial charge in [-0.05, 0) is 18.6 Å². The quantitative estimate of drug-likeness (QED) is 0.783. The molecule has 1 fully saturated rings. The van der Waals surface area contributed by atoms with Gasteiger partial charge >= 0.3 is 16.2 Å². The molecule has 1 N–H and O–H groups in total. The standard InChI is InChI=1S/C14H16N4O5S/c1-17-7-4-8-18(24(17,21)22)13-9-5-3-6-15-10(9)12(19)11(16-13)14(20)23-2/h3,5-6,19H,4,7-8H2,1-2H3. The number of carbonyl (C=O) groups is 1. The van der Waals surface area contributed by atoms with Crippen LogP contribution in [0.4, 0.5) is 5.82 Å². The molecule has 0 amide bonds. The highest BCUT2D eigenvalue weighted by Crippen LogP contribution is 2.35. The summed E-state index contributed by atoms with van der Waals surface area (Å²) in [6.07, 6.45) is 2.04. The average Bonchev–Trinajstić information content (AvgIpc) is 2.58. The number of fused-ring (bicyclic) bond motifs is 1. The van der Waals surface area contributed by atoms with E-state index in [1.54, 1.807) is 12.1 Å². The molecule has 24 heavy (non-hydrogen) atoms. The first-order valence-electron chi connectivity index (χ1n) is 7.18. The first kappa shape index (κ1) is 16.4. The lowest BCUT2D eigenvalue weighted by Gasteiger charge is -2.33. The number of methoxy groups -OCH3 is 1. The number of hydrogen-bond acceptors (Lipinski definition) is 7. The molecule has 1 aliphatic rings. The Hall–Kier alpha value is -2.46. The summed E-state index contributed by atoms with van der Waals surface area (Å²) in [5.74, 6) is -1.27. The highest BCUT2D eigenvalue weighted by atomic mass is 32.2. The number of nitrogens with zero attached hydrogens (tertiary/aromatic N) is 4. The zero-order chi connectivity index (χ0) is 17.5. The third-order valence-corrected chi connectivity index (χ3v) is 5.72. The maximum atomic E-state index is 12.6. The highest BCUT2D eigenvalue weighted by Gasteiger charge is 2.34. The van der Waals surface area contributed by atoms with Gasteiger partial charge in [0, 0.05) is 31.7 Å². The van der Waals surface area contributed by atoms with Crippen LogP contribution in [-0.2, 0) is 14.9 Å². The molecule has 3 rings (SSSR count). The van der Waals surface area contributed by atoms with E-state index in [2.05, 4.69) is 14.7 Å². The maximum absolute atomic E-state index is 12.6. The molecule has 3 heterocycles. The largest absolute Gasteiger partial charge is 0.504 e. The molecule has 0 aromatic carbocycles. The van der Waals surface area contributed by atoms with Crippen molar-refractivity contribution in [3.8, 4) is 5.75 Å². The van der Waals surface area contributed by atoms with Gasteiger partial charge in [0.25, 0.3) is 0 Å². The van der Waals surface area contributed by atoms with Crippen molar-refractivity contribution >= 4 is 32.9 Å². The maximum Gasteiger partial charge on any atom is 0.360 e. The fraction of sp³-hybridized carbons (Fsp3) is 0.357. The van der Waals surface area contributed by atoms with Crippen LogP contribution in [0.1, 0.15) is 16.9 Å². The van der Waals surface area contributed by atoms with Crippen molar-refractivity contribution in [1.29, 1.82) is 0 Å². The second kappa shape index (κ2) is 5.87. The minimum Gasteiger partial charge on any atom is -0.504 e. The zero-order valence-electron chi connectivity index (χ0n) is 13.1. The molecule has 2 aromatic heterocycles. The summed E-state index contributed by atoms with van der Waals surface area (Å²) in [4.78, 5) is 20.0. The second-order valence-corrected chi connectivity index (χ2v) is 7.24. The SMILES string of the molecule is COC(=O)c1nc(N2CCCN(C)S2(=O)=O)c2cccnc2c1O. The first-order chi connectivity index (χ1) is 11.4. The lowest BCUT2D eigenvalue weighted by Crippen LogP contribution is -2.48. The van der Waals surface area contributed by atoms with Gasteiger partial charge in [0.15, 0.2) is 17.3 Å². The van der Waals surface area contributed by atoms with Gasteiger partial charge < -0.3 is 9.84 Å². The monoisotopic (exact) mass is 352 g/mol. The van der Waals surface area contributed by atoms with Gasteiger partial charge in [0.1, 0.15) is 5.52 Å². The van der Waals surface area contributed by atoms with Crippen LogP contribution in [0, 0.1) is 0 Å². The Labute approximate surface area is 138 Å². The molecule has 0 unspecified atom stereocenters. The zero-order valence-corrected chi connectivity index (χ0v) is 13.9. The Kier molecular flexibility index (Phi) is 4.01. The number of aromatic hydroxyl groups is 1. The van der Waals surface area contributed by atoms with Crippen LogP contribution in [0.3, 0.4) is 0 Å². The topological polar surface area (TPSA) is 113 Å². The van der Waals surface area contributed by atoms with Gasteiger partial charge in [-0.2, -0.15) is 12.7 Å². The van der Waals surface area contributed by atoms with E-state index in [1.165, 1.54) is 17.5 Å². The molecule has 128 valence electrons. The smallest absolute Gasteiger partial charge is 0.360 e. The highest BCUT2D eigenvalue weighted by molar-refractivity contribution is 7.90. The third kappa shape index (κ3) is 2.43. The van der Waals surface area contributed by atoms with Crippen molar-refractivity contribution in [3.63, 3.8) is 0 Å². The van der Waals surface area contributed by atoms with Crippen molar-refractivity contribution in [1.82, 2.24) is 14.3 Å². The lowest BCUT2D eigenvalue weighted by molar-refractivity contribution is 0.0591. The third-order valence-electron chi connectivity index (χ3n) is 3.84. The predicted octanol–water partition coefficient (Wildman–Crippen LogP) is 0.509. The van der Waals surface area contributed by atoms with Crippen LogP contribution in [0.5, 0.6) is 5.75 Å². The van der Waals surface area contributed by atoms with Crippen LogP contribution in [0.25, 0.3) is 10.9 Å². The van der Waals surface area contributed by atoms with Crippen LogP contribution in [0.2, 0.25) is 0 Å². The van der Waals surface area contributed by atoms with E-state index in [4.69, 9.17) is 0 Å². The van der Waals surface area contributed by atoms with Gasteiger partial charge in [-0.25, -0.2) is 14.1 Å². The van der Waals surface area contributed by atoms with E-state index in [9.17, 15) is 18.3 Å². The van der Waals surface area contributed by atoms with E-state index < -0.39 is 21.9 Å². The Morgan fingerprint density at radius 2 is 2.12 bits per heavy atom. The molecule has 1 saturated heterocycles. The molecule has 0 atom stereocenters. The normalized spacial score (nSPS) is 17.8. The number of hydrogen-bond donors (Lipinski definition) is 1. The van der Waals surface area contributed by atoms with Crippen LogP contribution < -0.4 is 4.31 Å². The van der Waals surface area contributed by atoms with Crippen molar-refractivity contribution in [2.24, 2.45) is 0 Å². The summed E-state index contributed by atoms with van der Waals surface area (Å²) in [6.45, 7) is 0.617. The number of rotatable bonds is 2. The number of pyridine rings is 2. The molecule has 0 radical (unpaired) electrons. The minimum absolute atomic E-state index is 0.0443. The fourth-order valence-corrected chi connectivity index (χ4v) is 4.00. The fourth-order valence-electron chi connectivity index (χ4n) is 2.59. The van der Waals surface area contributed by atoms with Crippen LogP contribution in [-0.4, -0.2) is 61.0 Å². The predicted molar refractivity (Wildman–Crippen MR) is 86.1 cm³/mol. The number of ether oxygens (including phenoxy) is 1. The Balaban J connectivity index is 2.31. The average molecular weight is 352 g/mol. The summed E-state index contributed by atoms with van der Waals surface area (Å²) in [7, 11) is -1.14. The van der Waals surface area contributed by atoms with E-state index in [-0.39, 0.29) is 23.6 Å². The second-order valence-electron chi connectivity index (χ2n) is 5.28. The minimum atomic E-state index is -3.77. The van der Waals surface area contributed by atoms with Crippen molar-refractivity contribution < 1.29 is 23.1 Å². The summed E-state index contributed by atoms with van der Waals surface area (Å²) >= 11 is 0. The van der Waals surface area contributed by atoms with Crippen LogP contribution in [0.15, 0.2) is 18.3 Å². The van der Waals surface area contributed by atoms with E-state index in [0.717, 1.165) is 11.4 Å². The summed E-state index contributed by atoms with van der Waals surface area (Å²) in [5, 5.41) is 10.6. The van der Waals surface area contributed by atoms with Crippen molar-refractivity contribution in [2.75, 3.05) is 31.6 Å². The van der Waals surface area contributed by atoms with Gasteiger partial charge in [-0.1, -0.05) is 0 Å². The molecule has 0 bridgehead atoms. The van der Waals surface area contributed by atoms with Gasteiger partial charge in [-0.15, -0.1) is 0 Å². The van der Waals surface area contributed by atoms with E-state index >= 15 is 0 Å². The molecule has 9 nitrogen and oxygen atoms in total. The van der Waals surface area contributed by atoms with Crippen molar-refractivity contribution in [3.05, 3.63) is 24.0 Å². The molecule has 2 aromatic rings. The first-order valence-corrected chi connectivity index (χ1v) is 8.57.